The number of anilines is 2. The third-order valence-corrected chi connectivity index (χ3v) is 7.66. The fraction of sp³-hybridized carbons (Fsp3) is 0.171. The monoisotopic (exact) mass is 580 g/mol. The van der Waals surface area contributed by atoms with Gasteiger partial charge in [-0.15, -0.1) is 0 Å². The van der Waals surface area contributed by atoms with E-state index in [9.17, 15) is 4.79 Å². The zero-order valence-electron chi connectivity index (χ0n) is 25.3. The number of benzene rings is 1. The lowest BCUT2D eigenvalue weighted by atomic mass is 10.0. The lowest BCUT2D eigenvalue weighted by Crippen LogP contribution is -2.35. The minimum Gasteiger partial charge on any atom is -0.345 e. The van der Waals surface area contributed by atoms with Crippen LogP contribution in [0.4, 0.5) is 11.5 Å². The second kappa shape index (κ2) is 11.6. The van der Waals surface area contributed by atoms with Crippen molar-refractivity contribution in [2.24, 2.45) is 0 Å². The van der Waals surface area contributed by atoms with E-state index in [1.807, 2.05) is 84.9 Å². The lowest BCUT2D eigenvalue weighted by molar-refractivity contribution is -0.117. The van der Waals surface area contributed by atoms with Gasteiger partial charge in [-0.05, 0) is 93.4 Å². The van der Waals surface area contributed by atoms with E-state index in [0.29, 0.717) is 23.0 Å². The molecule has 44 heavy (non-hydrogen) atoms. The molecule has 9 heteroatoms. The van der Waals surface area contributed by atoms with Gasteiger partial charge < -0.3 is 15.5 Å². The first-order chi connectivity index (χ1) is 21.2. The maximum atomic E-state index is 12.7. The van der Waals surface area contributed by atoms with Crippen LogP contribution >= 0.6 is 0 Å². The number of carbonyl (C=O) groups is 1. The molecule has 0 spiro atoms. The Morgan fingerprint density at radius 2 is 1.80 bits per heavy atom. The highest BCUT2D eigenvalue weighted by Crippen LogP contribution is 2.35. The minimum absolute atomic E-state index is 0.193. The molecule has 0 aliphatic carbocycles. The molecule has 5 heterocycles. The Morgan fingerprint density at radius 1 is 1.00 bits per heavy atom. The van der Waals surface area contributed by atoms with Crippen molar-refractivity contribution in [1.82, 2.24) is 29.7 Å². The number of amides is 1. The van der Waals surface area contributed by atoms with Gasteiger partial charge in [0.05, 0.1) is 11.7 Å². The van der Waals surface area contributed by atoms with Gasteiger partial charge in [-0.25, -0.2) is 19.9 Å². The molecule has 2 N–H and O–H groups in total. The van der Waals surface area contributed by atoms with Crippen LogP contribution in [0.1, 0.15) is 35.1 Å². The van der Waals surface area contributed by atoms with Crippen molar-refractivity contribution in [2.75, 3.05) is 24.3 Å². The summed E-state index contributed by atoms with van der Waals surface area (Å²) in [5.74, 6) is 7.51. The van der Waals surface area contributed by atoms with Crippen LogP contribution in [-0.2, 0) is 4.79 Å². The number of nitrogens with one attached hydrogen (secondary N) is 2. The summed E-state index contributed by atoms with van der Waals surface area (Å²) >= 11 is 0. The molecule has 0 saturated heterocycles. The Morgan fingerprint density at radius 3 is 2.57 bits per heavy atom. The van der Waals surface area contributed by atoms with Gasteiger partial charge in [-0.2, -0.15) is 0 Å². The standard InChI is InChI=1S/C35H32N8O/c1-21-15-16-43-32(17-21)41-33(27-19-37-24(4)38-20-27)34(43)28-11-14-31(40-35(44)23(3)36-5)39-29(28)12-8-25-9-13-30-26(18-25)10-7-22(2)42(30)6/h7,9-11,13-20,23,36H,2H2,1,3-6H3,(H,39,40,44)/t23-/m0/s1. The SMILES string of the molecule is C=C1C=Cc2cc(C#Cc3nc(NC(=O)[C@H](C)NC)ccc3-c3c(-c4cnc(C)nc4)nc4cc(C)ccn34)ccc2N1C. The molecule has 1 aliphatic rings. The van der Waals surface area contributed by atoms with Crippen molar-refractivity contribution in [1.29, 1.82) is 0 Å². The largest absolute Gasteiger partial charge is 0.345 e. The topological polar surface area (TPSA) is 100 Å². The van der Waals surface area contributed by atoms with Crippen LogP contribution in [0.3, 0.4) is 0 Å². The number of carbonyl (C=O) groups excluding carboxylic acids is 1. The number of allylic oxidation sites excluding steroid dienone is 1. The number of aromatic nitrogens is 5. The molecular formula is C35H32N8O. The van der Waals surface area contributed by atoms with E-state index in [4.69, 9.17) is 9.97 Å². The number of likely N-dealkylation sites (N-methyl/N-ethyl adjacent to an activating group) is 2. The Balaban J connectivity index is 1.53. The van der Waals surface area contributed by atoms with Gasteiger partial charge in [0.15, 0.2) is 0 Å². The van der Waals surface area contributed by atoms with Gasteiger partial charge in [0.25, 0.3) is 0 Å². The summed E-state index contributed by atoms with van der Waals surface area (Å²) in [6.07, 6.45) is 9.58. The second-order valence-electron chi connectivity index (χ2n) is 10.8. The highest BCUT2D eigenvalue weighted by molar-refractivity contribution is 5.94. The Kier molecular flexibility index (Phi) is 7.51. The Labute approximate surface area is 256 Å². The highest BCUT2D eigenvalue weighted by atomic mass is 16.2. The number of aryl methyl sites for hydroxylation is 2. The van der Waals surface area contributed by atoms with Crippen LogP contribution in [0, 0.1) is 25.7 Å². The zero-order valence-corrected chi connectivity index (χ0v) is 25.3. The molecule has 1 amide bonds. The molecule has 1 aromatic carbocycles. The summed E-state index contributed by atoms with van der Waals surface area (Å²) in [5.41, 5.74) is 9.30. The number of hydrogen-bond acceptors (Lipinski definition) is 7. The summed E-state index contributed by atoms with van der Waals surface area (Å²) < 4.78 is 2.03. The molecule has 1 aliphatic heterocycles. The maximum Gasteiger partial charge on any atom is 0.242 e. The van der Waals surface area contributed by atoms with Crippen LogP contribution in [0.2, 0.25) is 0 Å². The van der Waals surface area contributed by atoms with Gasteiger partial charge in [0, 0.05) is 53.7 Å². The smallest absolute Gasteiger partial charge is 0.242 e. The van der Waals surface area contributed by atoms with Crippen LogP contribution in [0.25, 0.3) is 34.2 Å². The van der Waals surface area contributed by atoms with E-state index in [0.717, 1.165) is 50.5 Å². The van der Waals surface area contributed by atoms with E-state index < -0.39 is 0 Å². The number of pyridine rings is 2. The van der Waals surface area contributed by atoms with Crippen molar-refractivity contribution in [3.63, 3.8) is 0 Å². The minimum atomic E-state index is -0.390. The zero-order chi connectivity index (χ0) is 31.0. The van der Waals surface area contributed by atoms with Crippen molar-refractivity contribution < 1.29 is 4.79 Å². The molecule has 0 saturated carbocycles. The third kappa shape index (κ3) is 5.46. The van der Waals surface area contributed by atoms with E-state index in [-0.39, 0.29) is 11.9 Å². The molecule has 4 aromatic heterocycles. The normalized spacial score (nSPS) is 12.9. The Bertz CT molecular complexity index is 2030. The van der Waals surface area contributed by atoms with Crippen molar-refractivity contribution in [3.05, 3.63) is 108 Å². The van der Waals surface area contributed by atoms with Crippen LogP contribution in [-0.4, -0.2) is 50.4 Å². The van der Waals surface area contributed by atoms with E-state index in [1.165, 1.54) is 0 Å². The van der Waals surface area contributed by atoms with Gasteiger partial charge in [0.2, 0.25) is 5.91 Å². The molecular weight excluding hydrogens is 548 g/mol. The maximum absolute atomic E-state index is 12.7. The number of nitrogens with zero attached hydrogens (tertiary/aromatic N) is 6. The lowest BCUT2D eigenvalue weighted by Gasteiger charge is -2.25. The highest BCUT2D eigenvalue weighted by Gasteiger charge is 2.21. The number of fused-ring (bicyclic) bond motifs is 2. The van der Waals surface area contributed by atoms with Crippen molar-refractivity contribution in [3.8, 4) is 34.4 Å². The van der Waals surface area contributed by atoms with Gasteiger partial charge in [-0.3, -0.25) is 9.20 Å². The average molecular weight is 581 g/mol. The summed E-state index contributed by atoms with van der Waals surface area (Å²) in [5, 5.41) is 5.86. The second-order valence-corrected chi connectivity index (χ2v) is 10.8. The molecule has 9 nitrogen and oxygen atoms in total. The van der Waals surface area contributed by atoms with E-state index in [2.05, 4.69) is 39.0 Å². The summed E-state index contributed by atoms with van der Waals surface area (Å²) in [6, 6.07) is 13.5. The molecule has 0 unspecified atom stereocenters. The molecule has 0 radical (unpaired) electrons. The summed E-state index contributed by atoms with van der Waals surface area (Å²) in [4.78, 5) is 33.4. The van der Waals surface area contributed by atoms with Gasteiger partial charge in [0.1, 0.15) is 28.7 Å². The average Bonchev–Trinajstić information content (AvgIpc) is 3.40. The van der Waals surface area contributed by atoms with Crippen molar-refractivity contribution in [2.45, 2.75) is 26.8 Å². The molecule has 0 fully saturated rings. The van der Waals surface area contributed by atoms with E-state index >= 15 is 0 Å². The van der Waals surface area contributed by atoms with Crippen molar-refractivity contribution >= 4 is 29.1 Å². The fourth-order valence-electron chi connectivity index (χ4n) is 4.96. The first kappa shape index (κ1) is 28.5. The predicted octanol–water partition coefficient (Wildman–Crippen LogP) is 5.39. The van der Waals surface area contributed by atoms with Gasteiger partial charge in [-0.1, -0.05) is 18.6 Å². The van der Waals surface area contributed by atoms with Gasteiger partial charge >= 0.3 is 0 Å². The quantitative estimate of drug-likeness (QED) is 0.269. The molecule has 1 atom stereocenters. The fourth-order valence-corrected chi connectivity index (χ4v) is 4.96. The van der Waals surface area contributed by atoms with Crippen LogP contribution in [0.5, 0.6) is 0 Å². The number of hydrogen-bond donors (Lipinski definition) is 2. The van der Waals surface area contributed by atoms with Crippen LogP contribution < -0.4 is 15.5 Å². The summed E-state index contributed by atoms with van der Waals surface area (Å²) in [7, 11) is 3.73. The first-order valence-corrected chi connectivity index (χ1v) is 14.3. The number of imidazole rings is 1. The summed E-state index contributed by atoms with van der Waals surface area (Å²) in [6.45, 7) is 9.76. The van der Waals surface area contributed by atoms with Crippen LogP contribution in [0.15, 0.2) is 79.4 Å². The molecule has 0 bridgehead atoms. The predicted molar refractivity (Wildman–Crippen MR) is 175 cm³/mol. The number of rotatable bonds is 5. The molecule has 6 rings (SSSR count). The third-order valence-electron chi connectivity index (χ3n) is 7.66. The Hall–Kier alpha value is -5.59. The van der Waals surface area contributed by atoms with E-state index in [1.54, 1.807) is 32.4 Å². The first-order valence-electron chi connectivity index (χ1n) is 14.3. The molecule has 218 valence electrons. The molecule has 5 aromatic rings.